The molecule has 0 atom stereocenters. The summed E-state index contributed by atoms with van der Waals surface area (Å²) in [6.45, 7) is 6.91. The summed E-state index contributed by atoms with van der Waals surface area (Å²) in [4.78, 5) is 14.8. The molecular weight excluding hydrogens is 324 g/mol. The van der Waals surface area contributed by atoms with E-state index in [0.29, 0.717) is 5.82 Å². The minimum atomic E-state index is 0.605. The lowest BCUT2D eigenvalue weighted by atomic mass is 10.1. The van der Waals surface area contributed by atoms with Crippen LogP contribution in [0.15, 0.2) is 24.7 Å². The van der Waals surface area contributed by atoms with Crippen LogP contribution in [-0.4, -0.2) is 61.7 Å². The summed E-state index contributed by atoms with van der Waals surface area (Å²) >= 11 is 1.78. The molecular formula is C15H18N8S. The molecule has 0 amide bonds. The SMILES string of the molecule is Cc1cnc(CN2CCN(c3cnccc3-c3nn[nH]n3)CC2)s1. The minimum absolute atomic E-state index is 0.605. The van der Waals surface area contributed by atoms with E-state index in [2.05, 4.69) is 47.3 Å². The van der Waals surface area contributed by atoms with Crippen molar-refractivity contribution in [3.63, 3.8) is 0 Å². The van der Waals surface area contributed by atoms with Gasteiger partial charge in [0.15, 0.2) is 0 Å². The van der Waals surface area contributed by atoms with Crippen LogP contribution in [0.5, 0.6) is 0 Å². The molecule has 124 valence electrons. The summed E-state index contributed by atoms with van der Waals surface area (Å²) in [7, 11) is 0. The van der Waals surface area contributed by atoms with Gasteiger partial charge >= 0.3 is 0 Å². The lowest BCUT2D eigenvalue weighted by molar-refractivity contribution is 0.249. The second-order valence-corrected chi connectivity index (χ2v) is 7.08. The molecule has 3 aromatic heterocycles. The topological polar surface area (TPSA) is 86.7 Å². The van der Waals surface area contributed by atoms with Gasteiger partial charge in [0.1, 0.15) is 5.01 Å². The van der Waals surface area contributed by atoms with E-state index in [1.54, 1.807) is 17.5 Å². The van der Waals surface area contributed by atoms with E-state index in [9.17, 15) is 0 Å². The Bertz CT molecular complexity index is 791. The van der Waals surface area contributed by atoms with Gasteiger partial charge in [-0.05, 0) is 18.2 Å². The Morgan fingerprint density at radius 2 is 2.08 bits per heavy atom. The van der Waals surface area contributed by atoms with Crippen LogP contribution in [0.4, 0.5) is 5.69 Å². The van der Waals surface area contributed by atoms with Gasteiger partial charge < -0.3 is 4.90 Å². The van der Waals surface area contributed by atoms with Crippen molar-refractivity contribution < 1.29 is 0 Å². The molecule has 0 unspecified atom stereocenters. The Morgan fingerprint density at radius 1 is 1.21 bits per heavy atom. The molecule has 0 saturated carbocycles. The first-order valence-corrected chi connectivity index (χ1v) is 8.68. The van der Waals surface area contributed by atoms with E-state index >= 15 is 0 Å². The predicted molar refractivity (Wildman–Crippen MR) is 91.7 cm³/mol. The fraction of sp³-hybridized carbons (Fsp3) is 0.400. The summed E-state index contributed by atoms with van der Waals surface area (Å²) in [5, 5.41) is 15.5. The molecule has 0 radical (unpaired) electrons. The number of piperazine rings is 1. The third kappa shape index (κ3) is 3.13. The Morgan fingerprint density at radius 3 is 2.79 bits per heavy atom. The van der Waals surface area contributed by atoms with Crippen molar-refractivity contribution >= 4 is 17.0 Å². The smallest absolute Gasteiger partial charge is 0.206 e. The quantitative estimate of drug-likeness (QED) is 0.766. The van der Waals surface area contributed by atoms with Crippen LogP contribution in [0, 0.1) is 6.92 Å². The molecule has 1 aliphatic rings. The van der Waals surface area contributed by atoms with Crippen LogP contribution in [0.2, 0.25) is 0 Å². The van der Waals surface area contributed by atoms with Gasteiger partial charge in [-0.2, -0.15) is 5.21 Å². The third-order valence-corrected chi connectivity index (χ3v) is 5.02. The number of nitrogens with one attached hydrogen (secondary N) is 1. The summed E-state index contributed by atoms with van der Waals surface area (Å²) < 4.78 is 0. The summed E-state index contributed by atoms with van der Waals surface area (Å²) in [5.74, 6) is 0.605. The molecule has 0 aliphatic carbocycles. The molecule has 3 aromatic rings. The van der Waals surface area contributed by atoms with E-state index in [0.717, 1.165) is 44.0 Å². The number of rotatable bonds is 4. The van der Waals surface area contributed by atoms with Crippen LogP contribution < -0.4 is 4.90 Å². The summed E-state index contributed by atoms with van der Waals surface area (Å²) in [5.41, 5.74) is 2.02. The standard InChI is InChI=1S/C15H18N8S/c1-11-8-17-14(24-11)10-22-4-6-23(7-5-22)13-9-16-3-2-12(13)15-18-20-21-19-15/h2-3,8-9H,4-7,10H2,1H3,(H,18,19,20,21). The van der Waals surface area contributed by atoms with Gasteiger partial charge in [0, 0.05) is 49.0 Å². The minimum Gasteiger partial charge on any atom is -0.367 e. The van der Waals surface area contributed by atoms with Crippen LogP contribution in [-0.2, 0) is 6.54 Å². The number of nitrogens with zero attached hydrogens (tertiary/aromatic N) is 7. The first-order valence-electron chi connectivity index (χ1n) is 7.86. The molecule has 1 saturated heterocycles. The lowest BCUT2D eigenvalue weighted by Crippen LogP contribution is -2.46. The molecule has 4 rings (SSSR count). The fourth-order valence-corrected chi connectivity index (χ4v) is 3.75. The molecule has 0 aromatic carbocycles. The molecule has 1 fully saturated rings. The molecule has 0 bridgehead atoms. The Kier molecular flexibility index (Phi) is 4.18. The van der Waals surface area contributed by atoms with E-state index < -0.39 is 0 Å². The van der Waals surface area contributed by atoms with Crippen molar-refractivity contribution in [1.82, 2.24) is 35.5 Å². The molecule has 0 spiro atoms. The number of pyridine rings is 1. The molecule has 4 heterocycles. The molecule has 24 heavy (non-hydrogen) atoms. The van der Waals surface area contributed by atoms with Crippen LogP contribution in [0.1, 0.15) is 9.88 Å². The second-order valence-electron chi connectivity index (χ2n) is 5.76. The van der Waals surface area contributed by atoms with E-state index in [-0.39, 0.29) is 0 Å². The highest BCUT2D eigenvalue weighted by Gasteiger charge is 2.21. The van der Waals surface area contributed by atoms with E-state index in [1.165, 1.54) is 9.88 Å². The van der Waals surface area contributed by atoms with E-state index in [1.807, 2.05) is 18.5 Å². The van der Waals surface area contributed by atoms with Crippen LogP contribution in [0.25, 0.3) is 11.4 Å². The first-order chi connectivity index (χ1) is 11.8. The molecule has 8 nitrogen and oxygen atoms in total. The number of aromatic amines is 1. The predicted octanol–water partition coefficient (Wildman–Crippen LogP) is 1.35. The number of H-pyrrole nitrogens is 1. The molecule has 1 aliphatic heterocycles. The molecule has 1 N–H and O–H groups in total. The number of thiazole rings is 1. The van der Waals surface area contributed by atoms with Crippen LogP contribution in [0.3, 0.4) is 0 Å². The van der Waals surface area contributed by atoms with Crippen molar-refractivity contribution in [3.8, 4) is 11.4 Å². The number of hydrogen-bond acceptors (Lipinski definition) is 8. The number of aryl methyl sites for hydroxylation is 1. The van der Waals surface area contributed by atoms with Crippen molar-refractivity contribution in [2.75, 3.05) is 31.1 Å². The zero-order valence-electron chi connectivity index (χ0n) is 13.4. The zero-order chi connectivity index (χ0) is 16.4. The zero-order valence-corrected chi connectivity index (χ0v) is 14.2. The Balaban J connectivity index is 1.45. The van der Waals surface area contributed by atoms with Gasteiger partial charge in [0.05, 0.1) is 18.4 Å². The summed E-state index contributed by atoms with van der Waals surface area (Å²) in [6.07, 6.45) is 5.59. The van der Waals surface area contributed by atoms with Crippen molar-refractivity contribution in [2.24, 2.45) is 0 Å². The summed E-state index contributed by atoms with van der Waals surface area (Å²) in [6, 6.07) is 1.94. The van der Waals surface area contributed by atoms with Gasteiger partial charge in [-0.1, -0.05) is 0 Å². The highest BCUT2D eigenvalue weighted by molar-refractivity contribution is 7.11. The van der Waals surface area contributed by atoms with Crippen molar-refractivity contribution in [2.45, 2.75) is 13.5 Å². The average molecular weight is 342 g/mol. The Labute approximate surface area is 143 Å². The second kappa shape index (κ2) is 6.62. The number of hydrogen-bond donors (Lipinski definition) is 1. The van der Waals surface area contributed by atoms with Gasteiger partial charge in [0.2, 0.25) is 5.82 Å². The van der Waals surface area contributed by atoms with Gasteiger partial charge in [-0.15, -0.1) is 21.5 Å². The lowest BCUT2D eigenvalue weighted by Gasteiger charge is -2.36. The number of anilines is 1. The largest absolute Gasteiger partial charge is 0.367 e. The van der Waals surface area contributed by atoms with Crippen molar-refractivity contribution in [3.05, 3.63) is 34.5 Å². The Hall–Kier alpha value is -2.39. The first kappa shape index (κ1) is 15.2. The number of aromatic nitrogens is 6. The molecule has 9 heteroatoms. The van der Waals surface area contributed by atoms with Gasteiger partial charge in [-0.3, -0.25) is 9.88 Å². The van der Waals surface area contributed by atoms with Crippen molar-refractivity contribution in [1.29, 1.82) is 0 Å². The number of tetrazole rings is 1. The van der Waals surface area contributed by atoms with Gasteiger partial charge in [0.25, 0.3) is 0 Å². The maximum absolute atomic E-state index is 4.46. The third-order valence-electron chi connectivity index (χ3n) is 4.13. The fourth-order valence-electron chi connectivity index (χ4n) is 2.92. The monoisotopic (exact) mass is 342 g/mol. The van der Waals surface area contributed by atoms with Crippen LogP contribution >= 0.6 is 11.3 Å². The highest BCUT2D eigenvalue weighted by Crippen LogP contribution is 2.28. The maximum Gasteiger partial charge on any atom is 0.206 e. The van der Waals surface area contributed by atoms with E-state index in [4.69, 9.17) is 0 Å². The van der Waals surface area contributed by atoms with Gasteiger partial charge in [-0.25, -0.2) is 4.98 Å². The normalized spacial score (nSPS) is 15.8. The highest BCUT2D eigenvalue weighted by atomic mass is 32.1. The maximum atomic E-state index is 4.46. The average Bonchev–Trinajstić information content (AvgIpc) is 3.28.